The Hall–Kier alpha value is -3.21. The molecule has 0 radical (unpaired) electrons. The van der Waals surface area contributed by atoms with Crippen LogP contribution in [0.25, 0.3) is 11.1 Å². The van der Waals surface area contributed by atoms with Crippen molar-refractivity contribution in [1.82, 2.24) is 20.5 Å². The molecule has 0 fully saturated rings. The fourth-order valence-corrected chi connectivity index (χ4v) is 3.45. The molecule has 3 amide bonds. The van der Waals surface area contributed by atoms with Crippen molar-refractivity contribution in [2.24, 2.45) is 0 Å². The van der Waals surface area contributed by atoms with Crippen molar-refractivity contribution in [2.75, 3.05) is 14.2 Å². The number of likely N-dealkylation sites (N-methyl/N-ethyl adjacent to an activating group) is 1. The molecule has 0 aliphatic carbocycles. The first kappa shape index (κ1) is 27.0. The SMILES string of the molecule is COc1ccc(-c2cccc(C(CC(=O)O)NC(=O)NC3C(=O)C(C)=CN(C)C3=O)c2)cn1.[H-].[Na+]. The van der Waals surface area contributed by atoms with Gasteiger partial charge in [0.25, 0.3) is 5.91 Å². The maximum atomic E-state index is 12.6. The minimum absolute atomic E-state index is 0. The van der Waals surface area contributed by atoms with E-state index in [2.05, 4.69) is 15.6 Å². The Kier molecular flexibility index (Phi) is 9.36. The number of nitrogens with zero attached hydrogens (tertiary/aromatic N) is 2. The Morgan fingerprint density at radius 1 is 1.24 bits per heavy atom. The molecule has 0 bridgehead atoms. The molecule has 0 spiro atoms. The Labute approximate surface area is 220 Å². The number of methoxy groups -OCH3 is 1. The van der Waals surface area contributed by atoms with E-state index in [9.17, 15) is 24.3 Å². The molecule has 174 valence electrons. The van der Waals surface area contributed by atoms with Crippen LogP contribution in [0.1, 0.15) is 26.4 Å². The number of Topliss-reactive ketones (excluding diaryl/α,β-unsaturated/α-hetero) is 1. The number of carboxylic acid groups (broad SMARTS) is 1. The maximum absolute atomic E-state index is 12.6. The van der Waals surface area contributed by atoms with Crippen molar-refractivity contribution in [2.45, 2.75) is 25.4 Å². The van der Waals surface area contributed by atoms with E-state index in [0.29, 0.717) is 17.0 Å². The molecule has 2 heterocycles. The van der Waals surface area contributed by atoms with Gasteiger partial charge in [-0.2, -0.15) is 0 Å². The zero-order chi connectivity index (χ0) is 24.1. The number of rotatable bonds is 7. The Bertz CT molecular complexity index is 1130. The van der Waals surface area contributed by atoms with Gasteiger partial charge in [0.05, 0.1) is 19.6 Å². The number of benzene rings is 1. The first-order chi connectivity index (χ1) is 15.7. The number of hydrogen-bond donors (Lipinski definition) is 3. The van der Waals surface area contributed by atoms with Crippen LogP contribution < -0.4 is 44.9 Å². The van der Waals surface area contributed by atoms with Crippen LogP contribution in [0, 0.1) is 0 Å². The number of carboxylic acids is 1. The molecule has 1 aliphatic rings. The maximum Gasteiger partial charge on any atom is 1.00 e. The summed E-state index contributed by atoms with van der Waals surface area (Å²) in [6.45, 7) is 1.55. The summed E-state index contributed by atoms with van der Waals surface area (Å²) in [5, 5.41) is 14.3. The van der Waals surface area contributed by atoms with E-state index < -0.39 is 42.2 Å². The van der Waals surface area contributed by atoms with Crippen LogP contribution >= 0.6 is 0 Å². The minimum atomic E-state index is -1.37. The van der Waals surface area contributed by atoms with E-state index in [1.54, 1.807) is 37.4 Å². The number of hydrogen-bond acceptors (Lipinski definition) is 6. The average molecular weight is 476 g/mol. The minimum Gasteiger partial charge on any atom is -1.00 e. The monoisotopic (exact) mass is 476 g/mol. The molecule has 1 aliphatic heterocycles. The van der Waals surface area contributed by atoms with E-state index in [1.165, 1.54) is 25.3 Å². The number of amides is 3. The molecule has 2 aromatic rings. The summed E-state index contributed by atoms with van der Waals surface area (Å²) in [6, 6.07) is 7.40. The van der Waals surface area contributed by atoms with Crippen molar-refractivity contribution in [3.8, 4) is 17.0 Å². The zero-order valence-electron chi connectivity index (χ0n) is 20.4. The third kappa shape index (κ3) is 6.43. The summed E-state index contributed by atoms with van der Waals surface area (Å²) in [7, 11) is 3.00. The third-order valence-corrected chi connectivity index (χ3v) is 5.16. The summed E-state index contributed by atoms with van der Waals surface area (Å²) < 4.78 is 5.06. The normalized spacial score (nSPS) is 16.1. The van der Waals surface area contributed by atoms with Gasteiger partial charge in [-0.3, -0.25) is 14.4 Å². The van der Waals surface area contributed by atoms with Gasteiger partial charge in [-0.15, -0.1) is 0 Å². The van der Waals surface area contributed by atoms with Crippen LogP contribution in [-0.2, 0) is 14.4 Å². The number of nitrogens with one attached hydrogen (secondary N) is 2. The topological polar surface area (TPSA) is 138 Å². The van der Waals surface area contributed by atoms with Crippen molar-refractivity contribution >= 4 is 23.7 Å². The molecule has 11 heteroatoms. The Morgan fingerprint density at radius 3 is 2.59 bits per heavy atom. The van der Waals surface area contributed by atoms with Crippen LogP contribution in [0.2, 0.25) is 0 Å². The number of carbonyl (C=O) groups is 4. The van der Waals surface area contributed by atoms with E-state index in [-0.39, 0.29) is 31.0 Å². The molecule has 2 atom stereocenters. The number of ketones is 1. The quantitative estimate of drug-likeness (QED) is 0.344. The fraction of sp³-hybridized carbons (Fsp3) is 0.261. The number of aliphatic carboxylic acids is 1. The summed E-state index contributed by atoms with van der Waals surface area (Å²) in [6.07, 6.45) is 2.62. The number of carbonyl (C=O) groups excluding carboxylic acids is 3. The van der Waals surface area contributed by atoms with Gasteiger partial charge >= 0.3 is 41.6 Å². The van der Waals surface area contributed by atoms with Gasteiger partial charge in [0.15, 0.2) is 11.8 Å². The van der Waals surface area contributed by atoms with Crippen LogP contribution in [0.5, 0.6) is 5.88 Å². The molecule has 3 N–H and O–H groups in total. The first-order valence-corrected chi connectivity index (χ1v) is 10.1. The standard InChI is InChI=1S/C23H24N4O6.Na.H/c1-13-12-27(2)22(31)20(21(13)30)26-23(32)25-17(10-19(28)29)15-6-4-5-14(9-15)16-7-8-18(33-3)24-11-16;;/h4-9,11-12,17,20H,10H2,1-3H3,(H,28,29)(H2,25,26,32);;/q;+1;-1. The second kappa shape index (κ2) is 11.8. The molecular weight excluding hydrogens is 451 g/mol. The smallest absolute Gasteiger partial charge is 1.00 e. The largest absolute Gasteiger partial charge is 1.00 e. The Balaban J connectivity index is 0.00000306. The van der Waals surface area contributed by atoms with Crippen LogP contribution in [-0.4, -0.2) is 58.9 Å². The van der Waals surface area contributed by atoms with Crippen molar-refractivity contribution in [3.63, 3.8) is 0 Å². The van der Waals surface area contributed by atoms with E-state index in [0.717, 1.165) is 11.1 Å². The van der Waals surface area contributed by atoms with Gasteiger partial charge in [-0.25, -0.2) is 9.78 Å². The van der Waals surface area contributed by atoms with Crippen LogP contribution in [0.4, 0.5) is 4.79 Å². The molecule has 34 heavy (non-hydrogen) atoms. The molecule has 3 rings (SSSR count). The number of pyridine rings is 1. The second-order valence-electron chi connectivity index (χ2n) is 7.54. The molecule has 0 saturated heterocycles. The molecule has 10 nitrogen and oxygen atoms in total. The number of aromatic nitrogens is 1. The van der Waals surface area contributed by atoms with E-state index >= 15 is 0 Å². The first-order valence-electron chi connectivity index (χ1n) is 10.1. The van der Waals surface area contributed by atoms with E-state index in [1.807, 2.05) is 12.1 Å². The van der Waals surface area contributed by atoms with Crippen molar-refractivity contribution in [1.29, 1.82) is 0 Å². The van der Waals surface area contributed by atoms with E-state index in [4.69, 9.17) is 4.74 Å². The average Bonchev–Trinajstić information content (AvgIpc) is 2.80. The van der Waals surface area contributed by atoms with Crippen molar-refractivity contribution < 1.29 is 60.0 Å². The molecule has 1 aromatic heterocycles. The van der Waals surface area contributed by atoms with Crippen molar-refractivity contribution in [3.05, 3.63) is 59.9 Å². The summed E-state index contributed by atoms with van der Waals surface area (Å²) in [5.74, 6) is -1.76. The Morgan fingerprint density at radius 2 is 1.97 bits per heavy atom. The van der Waals surface area contributed by atoms with Crippen LogP contribution in [0.3, 0.4) is 0 Å². The summed E-state index contributed by atoms with van der Waals surface area (Å²) >= 11 is 0. The van der Waals surface area contributed by atoms with Gasteiger partial charge in [-0.05, 0) is 30.2 Å². The van der Waals surface area contributed by atoms with Gasteiger partial charge in [0, 0.05) is 36.6 Å². The predicted octanol–water partition coefficient (Wildman–Crippen LogP) is -0.998. The molecule has 0 saturated carbocycles. The molecule has 1 aromatic carbocycles. The second-order valence-corrected chi connectivity index (χ2v) is 7.54. The fourth-order valence-electron chi connectivity index (χ4n) is 3.45. The molecule has 2 unspecified atom stereocenters. The third-order valence-electron chi connectivity index (χ3n) is 5.16. The number of ether oxygens (including phenoxy) is 1. The van der Waals surface area contributed by atoms with Crippen LogP contribution in [0.15, 0.2) is 54.4 Å². The van der Waals surface area contributed by atoms with Gasteiger partial charge in [0.1, 0.15) is 0 Å². The summed E-state index contributed by atoms with van der Waals surface area (Å²) in [4.78, 5) is 54.1. The summed E-state index contributed by atoms with van der Waals surface area (Å²) in [5.41, 5.74) is 2.40. The predicted molar refractivity (Wildman–Crippen MR) is 119 cm³/mol. The van der Waals surface area contributed by atoms with Gasteiger partial charge in [0.2, 0.25) is 5.88 Å². The number of urea groups is 1. The van der Waals surface area contributed by atoms with Gasteiger partial charge < -0.3 is 26.8 Å². The molecular formula is C23H25N4NaO6. The zero-order valence-corrected chi connectivity index (χ0v) is 21.4. The van der Waals surface area contributed by atoms with Gasteiger partial charge in [-0.1, -0.05) is 18.2 Å².